The van der Waals surface area contributed by atoms with E-state index in [1.807, 2.05) is 13.8 Å². The van der Waals surface area contributed by atoms with Gasteiger partial charge in [-0.25, -0.2) is 9.97 Å². The number of nitrogens with one attached hydrogen (secondary N) is 1. The summed E-state index contributed by atoms with van der Waals surface area (Å²) in [5.41, 5.74) is 0.921. The second-order valence-electron chi connectivity index (χ2n) is 4.43. The lowest BCUT2D eigenvalue weighted by atomic mass is 9.89. The van der Waals surface area contributed by atoms with Gasteiger partial charge in [0.25, 0.3) is 0 Å². The number of anilines is 1. The monoisotopic (exact) mass is 255 g/mol. The quantitative estimate of drug-likeness (QED) is 0.840. The van der Waals surface area contributed by atoms with Gasteiger partial charge in [0, 0.05) is 25.1 Å². The molecule has 0 amide bonds. The molecule has 1 fully saturated rings. The van der Waals surface area contributed by atoms with Crippen molar-refractivity contribution in [3.8, 4) is 0 Å². The highest BCUT2D eigenvalue weighted by atomic mass is 35.5. The van der Waals surface area contributed by atoms with Crippen LogP contribution in [0.25, 0.3) is 0 Å². The summed E-state index contributed by atoms with van der Waals surface area (Å²) < 4.78 is 5.25. The number of aryl methyl sites for hydroxylation is 1. The van der Waals surface area contributed by atoms with Crippen LogP contribution < -0.4 is 5.32 Å². The molecule has 1 aromatic heterocycles. The van der Waals surface area contributed by atoms with Gasteiger partial charge in [0.05, 0.1) is 6.10 Å². The normalized spacial score (nSPS) is 23.3. The standard InChI is InChI=1S/C12H18ClN3O/c1-4-10-15-11(13)7(2)12(16-10)14-8-5-9(6-8)17-3/h8-9H,4-6H2,1-3H3,(H,14,15,16). The van der Waals surface area contributed by atoms with Crippen molar-refractivity contribution >= 4 is 17.4 Å². The highest BCUT2D eigenvalue weighted by Crippen LogP contribution is 2.28. The summed E-state index contributed by atoms with van der Waals surface area (Å²) >= 11 is 6.08. The summed E-state index contributed by atoms with van der Waals surface area (Å²) in [6.07, 6.45) is 3.23. The highest BCUT2D eigenvalue weighted by Gasteiger charge is 2.29. The van der Waals surface area contributed by atoms with Crippen LogP contribution >= 0.6 is 11.6 Å². The van der Waals surface area contributed by atoms with E-state index in [0.29, 0.717) is 17.3 Å². The number of hydrogen-bond donors (Lipinski definition) is 1. The fourth-order valence-electron chi connectivity index (χ4n) is 1.90. The molecule has 4 nitrogen and oxygen atoms in total. The molecule has 1 aliphatic carbocycles. The molecule has 94 valence electrons. The van der Waals surface area contributed by atoms with E-state index in [2.05, 4.69) is 15.3 Å². The van der Waals surface area contributed by atoms with E-state index in [9.17, 15) is 0 Å². The molecule has 0 aromatic carbocycles. The molecule has 2 rings (SSSR count). The van der Waals surface area contributed by atoms with Crippen LogP contribution in [-0.2, 0) is 11.2 Å². The molecule has 0 radical (unpaired) electrons. The third-order valence-corrected chi connectivity index (χ3v) is 3.59. The van der Waals surface area contributed by atoms with Gasteiger partial charge in [-0.05, 0) is 19.8 Å². The van der Waals surface area contributed by atoms with Gasteiger partial charge in [0.15, 0.2) is 0 Å². The summed E-state index contributed by atoms with van der Waals surface area (Å²) in [5, 5.41) is 3.95. The van der Waals surface area contributed by atoms with Gasteiger partial charge < -0.3 is 10.1 Å². The molecule has 0 atom stereocenters. The van der Waals surface area contributed by atoms with Crippen molar-refractivity contribution in [2.24, 2.45) is 0 Å². The Morgan fingerprint density at radius 1 is 1.41 bits per heavy atom. The van der Waals surface area contributed by atoms with Crippen LogP contribution in [0.15, 0.2) is 0 Å². The second-order valence-corrected chi connectivity index (χ2v) is 4.79. The fourth-order valence-corrected chi connectivity index (χ4v) is 2.09. The Morgan fingerprint density at radius 3 is 2.71 bits per heavy atom. The van der Waals surface area contributed by atoms with Crippen molar-refractivity contribution in [2.45, 2.75) is 45.3 Å². The number of methoxy groups -OCH3 is 1. The van der Waals surface area contributed by atoms with Crippen molar-refractivity contribution in [1.82, 2.24) is 9.97 Å². The molecular weight excluding hydrogens is 238 g/mol. The zero-order chi connectivity index (χ0) is 12.4. The smallest absolute Gasteiger partial charge is 0.137 e. The molecule has 1 N–H and O–H groups in total. The third kappa shape index (κ3) is 2.69. The summed E-state index contributed by atoms with van der Waals surface area (Å²) in [6.45, 7) is 3.96. The first-order valence-electron chi connectivity index (χ1n) is 5.96. The topological polar surface area (TPSA) is 47.0 Å². The van der Waals surface area contributed by atoms with Gasteiger partial charge in [-0.15, -0.1) is 0 Å². The van der Waals surface area contributed by atoms with Gasteiger partial charge in [-0.3, -0.25) is 0 Å². The third-order valence-electron chi connectivity index (χ3n) is 3.22. The summed E-state index contributed by atoms with van der Waals surface area (Å²) in [4.78, 5) is 8.70. The van der Waals surface area contributed by atoms with Crippen molar-refractivity contribution < 1.29 is 4.74 Å². The van der Waals surface area contributed by atoms with Crippen LogP contribution in [0.1, 0.15) is 31.2 Å². The second kappa shape index (κ2) is 5.19. The van der Waals surface area contributed by atoms with Crippen molar-refractivity contribution in [3.05, 3.63) is 16.5 Å². The van der Waals surface area contributed by atoms with Crippen LogP contribution in [0.2, 0.25) is 5.15 Å². The van der Waals surface area contributed by atoms with E-state index in [-0.39, 0.29) is 0 Å². The predicted molar refractivity (Wildman–Crippen MR) is 68.6 cm³/mol. The van der Waals surface area contributed by atoms with Gasteiger partial charge in [0.2, 0.25) is 0 Å². The minimum absolute atomic E-state index is 0.385. The minimum atomic E-state index is 0.385. The van der Waals surface area contributed by atoms with Gasteiger partial charge >= 0.3 is 0 Å². The van der Waals surface area contributed by atoms with E-state index < -0.39 is 0 Å². The average molecular weight is 256 g/mol. The number of nitrogens with zero attached hydrogens (tertiary/aromatic N) is 2. The molecule has 0 aliphatic heterocycles. The van der Waals surface area contributed by atoms with Crippen LogP contribution in [0, 0.1) is 6.92 Å². The van der Waals surface area contributed by atoms with Crippen LogP contribution in [-0.4, -0.2) is 29.2 Å². The van der Waals surface area contributed by atoms with E-state index in [4.69, 9.17) is 16.3 Å². The Hall–Kier alpha value is -0.870. The molecular formula is C12H18ClN3O. The highest BCUT2D eigenvalue weighted by molar-refractivity contribution is 6.30. The number of ether oxygens (including phenoxy) is 1. The molecule has 1 saturated carbocycles. The average Bonchev–Trinajstić information content (AvgIpc) is 2.27. The van der Waals surface area contributed by atoms with E-state index in [1.165, 1.54) is 0 Å². The number of hydrogen-bond acceptors (Lipinski definition) is 4. The maximum atomic E-state index is 6.08. The van der Waals surface area contributed by atoms with Crippen LogP contribution in [0.5, 0.6) is 0 Å². The van der Waals surface area contributed by atoms with Gasteiger partial charge in [-0.1, -0.05) is 18.5 Å². The Balaban J connectivity index is 2.07. The maximum absolute atomic E-state index is 6.08. The predicted octanol–water partition coefficient (Wildman–Crippen LogP) is 2.59. The van der Waals surface area contributed by atoms with Crippen LogP contribution in [0.3, 0.4) is 0 Å². The lowest BCUT2D eigenvalue weighted by Gasteiger charge is -2.35. The lowest BCUT2D eigenvalue weighted by molar-refractivity contribution is 0.0327. The first-order chi connectivity index (χ1) is 8.13. The Labute approximate surface area is 107 Å². The summed E-state index contributed by atoms with van der Waals surface area (Å²) in [7, 11) is 1.75. The zero-order valence-electron chi connectivity index (χ0n) is 10.5. The number of aromatic nitrogens is 2. The largest absolute Gasteiger partial charge is 0.381 e. The van der Waals surface area contributed by atoms with E-state index in [1.54, 1.807) is 7.11 Å². The molecule has 5 heteroatoms. The first kappa shape index (κ1) is 12.6. The number of rotatable bonds is 4. The SMILES string of the molecule is CCc1nc(Cl)c(C)c(NC2CC(OC)C2)n1. The molecule has 0 unspecified atom stereocenters. The summed E-state index contributed by atoms with van der Waals surface area (Å²) in [5.74, 6) is 1.65. The maximum Gasteiger partial charge on any atom is 0.137 e. The minimum Gasteiger partial charge on any atom is -0.381 e. The van der Waals surface area contributed by atoms with E-state index in [0.717, 1.165) is 36.5 Å². The Bertz CT molecular complexity index is 405. The fraction of sp³-hybridized carbons (Fsp3) is 0.667. The van der Waals surface area contributed by atoms with Crippen molar-refractivity contribution in [2.75, 3.05) is 12.4 Å². The molecule has 0 bridgehead atoms. The van der Waals surface area contributed by atoms with Crippen molar-refractivity contribution in [3.63, 3.8) is 0 Å². The molecule has 1 heterocycles. The molecule has 0 spiro atoms. The molecule has 17 heavy (non-hydrogen) atoms. The van der Waals surface area contributed by atoms with Gasteiger partial charge in [0.1, 0.15) is 16.8 Å². The molecule has 1 aliphatic rings. The van der Waals surface area contributed by atoms with Crippen molar-refractivity contribution in [1.29, 1.82) is 0 Å². The van der Waals surface area contributed by atoms with Crippen LogP contribution in [0.4, 0.5) is 5.82 Å². The first-order valence-corrected chi connectivity index (χ1v) is 6.34. The Morgan fingerprint density at radius 2 is 2.12 bits per heavy atom. The molecule has 0 saturated heterocycles. The Kier molecular flexibility index (Phi) is 3.84. The van der Waals surface area contributed by atoms with Gasteiger partial charge in [-0.2, -0.15) is 0 Å². The summed E-state index contributed by atoms with van der Waals surface area (Å²) in [6, 6.07) is 0.439. The molecule has 1 aromatic rings. The number of halogens is 1. The van der Waals surface area contributed by atoms with E-state index >= 15 is 0 Å². The zero-order valence-corrected chi connectivity index (χ0v) is 11.2. The lowest BCUT2D eigenvalue weighted by Crippen LogP contribution is -2.40.